The molecule has 4 aromatic carbocycles. The third-order valence-corrected chi connectivity index (χ3v) is 10.0. The number of hydrogen-bond acceptors (Lipinski definition) is 5. The minimum Gasteiger partial charge on any atom is -0.255 e. The van der Waals surface area contributed by atoms with E-state index in [2.05, 4.69) is 131 Å². The van der Waals surface area contributed by atoms with Crippen molar-refractivity contribution in [2.24, 2.45) is 0 Å². The molecular formula is C44H28N4S. The van der Waals surface area contributed by atoms with Crippen molar-refractivity contribution >= 4 is 32.3 Å². The number of hydrogen-bond donors (Lipinski definition) is 0. The van der Waals surface area contributed by atoms with Gasteiger partial charge in [-0.25, -0.2) is 9.97 Å². The Morgan fingerprint density at radius 1 is 0.408 bits per heavy atom. The van der Waals surface area contributed by atoms with Crippen LogP contribution in [0.5, 0.6) is 0 Å². The van der Waals surface area contributed by atoms with Crippen molar-refractivity contribution in [3.63, 3.8) is 0 Å². The minimum absolute atomic E-state index is 0.811. The van der Waals surface area contributed by atoms with Gasteiger partial charge in [-0.1, -0.05) is 115 Å². The summed E-state index contributed by atoms with van der Waals surface area (Å²) in [6.07, 6.45) is 3.60. The van der Waals surface area contributed by atoms with E-state index in [9.17, 15) is 0 Å². The van der Waals surface area contributed by atoms with Crippen molar-refractivity contribution in [2.45, 2.75) is 0 Å². The second kappa shape index (κ2) is 12.4. The number of nitrogens with zero attached hydrogens (tertiary/aromatic N) is 4. The maximum Gasteiger partial charge on any atom is 0.0900 e. The van der Waals surface area contributed by atoms with E-state index in [4.69, 9.17) is 9.97 Å². The van der Waals surface area contributed by atoms with Crippen LogP contribution in [0.3, 0.4) is 0 Å². The second-order valence-electron chi connectivity index (χ2n) is 11.9. The lowest BCUT2D eigenvalue weighted by Gasteiger charge is -2.12. The lowest BCUT2D eigenvalue weighted by molar-refractivity contribution is 1.22. The highest BCUT2D eigenvalue weighted by atomic mass is 32.1. The zero-order valence-electron chi connectivity index (χ0n) is 26.4. The van der Waals surface area contributed by atoms with E-state index >= 15 is 0 Å². The molecule has 0 bridgehead atoms. The van der Waals surface area contributed by atoms with Crippen LogP contribution in [0, 0.1) is 0 Å². The molecule has 4 nitrogen and oxygen atoms in total. The molecule has 9 aromatic rings. The Bertz CT molecular complexity index is 2510. The molecule has 0 fully saturated rings. The molecule has 0 N–H and O–H groups in total. The minimum atomic E-state index is 0.811. The molecule has 0 radical (unpaired) electrons. The third-order valence-electron chi connectivity index (χ3n) is 8.80. The van der Waals surface area contributed by atoms with Gasteiger partial charge in [0.05, 0.1) is 38.7 Å². The fourth-order valence-corrected chi connectivity index (χ4v) is 7.84. The zero-order valence-corrected chi connectivity index (χ0v) is 27.2. The molecule has 0 saturated heterocycles. The Labute approximate surface area is 288 Å². The summed E-state index contributed by atoms with van der Waals surface area (Å²) in [5.74, 6) is 0. The summed E-state index contributed by atoms with van der Waals surface area (Å²) in [5.41, 5.74) is 12.1. The number of thiophene rings is 1. The SMILES string of the molecule is c1ccc(-c2sc3c(-c4ccccc4)nc4ccccc4c3c2-c2ccc(-c3cc(-c4ccccn4)nc(-c4ccccn4)c3)cc2)cc1. The summed E-state index contributed by atoms with van der Waals surface area (Å²) in [4.78, 5) is 20.6. The summed E-state index contributed by atoms with van der Waals surface area (Å²) in [6.45, 7) is 0. The Balaban J connectivity index is 1.25. The van der Waals surface area contributed by atoms with E-state index in [-0.39, 0.29) is 0 Å². The number of rotatable bonds is 6. The highest BCUT2D eigenvalue weighted by Crippen LogP contribution is 2.50. The predicted molar refractivity (Wildman–Crippen MR) is 203 cm³/mol. The molecule has 9 rings (SSSR count). The fourth-order valence-electron chi connectivity index (χ4n) is 6.49. The molecule has 0 unspecified atom stereocenters. The first kappa shape index (κ1) is 28.9. The number of para-hydroxylation sites is 1. The Hall–Kier alpha value is -6.30. The first-order chi connectivity index (χ1) is 24.3. The molecule has 0 atom stereocenters. The highest BCUT2D eigenvalue weighted by Gasteiger charge is 2.22. The van der Waals surface area contributed by atoms with E-state index in [1.165, 1.54) is 26.1 Å². The summed E-state index contributed by atoms with van der Waals surface area (Å²) >= 11 is 1.82. The van der Waals surface area contributed by atoms with E-state index in [0.717, 1.165) is 61.6 Å². The average Bonchev–Trinajstić information content (AvgIpc) is 3.60. The second-order valence-corrected chi connectivity index (χ2v) is 12.9. The molecule has 5 heteroatoms. The number of fused-ring (bicyclic) bond motifs is 3. The van der Waals surface area contributed by atoms with Crippen LogP contribution in [0.2, 0.25) is 0 Å². The Morgan fingerprint density at radius 2 is 0.980 bits per heavy atom. The van der Waals surface area contributed by atoms with Gasteiger partial charge < -0.3 is 0 Å². The van der Waals surface area contributed by atoms with E-state index < -0.39 is 0 Å². The van der Waals surface area contributed by atoms with Crippen LogP contribution >= 0.6 is 11.3 Å². The maximum atomic E-state index is 5.23. The molecule has 0 saturated carbocycles. The number of benzene rings is 4. The van der Waals surface area contributed by atoms with Crippen LogP contribution in [0.4, 0.5) is 0 Å². The zero-order chi connectivity index (χ0) is 32.6. The first-order valence-electron chi connectivity index (χ1n) is 16.2. The Morgan fingerprint density at radius 3 is 1.61 bits per heavy atom. The van der Waals surface area contributed by atoms with Crippen molar-refractivity contribution in [1.29, 1.82) is 0 Å². The third kappa shape index (κ3) is 5.36. The normalized spacial score (nSPS) is 11.3. The van der Waals surface area contributed by atoms with Crippen LogP contribution in [-0.4, -0.2) is 19.9 Å². The molecule has 0 aliphatic rings. The predicted octanol–water partition coefficient (Wildman–Crippen LogP) is 11.6. The molecule has 230 valence electrons. The van der Waals surface area contributed by atoms with Gasteiger partial charge in [0, 0.05) is 39.2 Å². The average molecular weight is 645 g/mol. The summed E-state index contributed by atoms with van der Waals surface area (Å²) < 4.78 is 1.19. The van der Waals surface area contributed by atoms with Crippen molar-refractivity contribution in [3.05, 3.63) is 170 Å². The quantitative estimate of drug-likeness (QED) is 0.181. The van der Waals surface area contributed by atoms with Crippen molar-refractivity contribution < 1.29 is 0 Å². The molecule has 0 aliphatic carbocycles. The number of pyridine rings is 4. The van der Waals surface area contributed by atoms with Crippen LogP contribution in [0.15, 0.2) is 170 Å². The molecular weight excluding hydrogens is 617 g/mol. The van der Waals surface area contributed by atoms with Crippen molar-refractivity contribution in [1.82, 2.24) is 19.9 Å². The van der Waals surface area contributed by atoms with Gasteiger partial charge in [-0.2, -0.15) is 0 Å². The van der Waals surface area contributed by atoms with Gasteiger partial charge in [-0.05, 0) is 64.7 Å². The van der Waals surface area contributed by atoms with Crippen LogP contribution < -0.4 is 0 Å². The van der Waals surface area contributed by atoms with E-state index in [0.29, 0.717) is 0 Å². The number of aromatic nitrogens is 4. The molecule has 49 heavy (non-hydrogen) atoms. The van der Waals surface area contributed by atoms with Crippen LogP contribution in [0.1, 0.15) is 0 Å². The fraction of sp³-hybridized carbons (Fsp3) is 0. The standard InChI is InChI=1S/C44H28N4S/c1-3-13-31(14-4-1)42-44-41(34-17-7-8-18-35(34)48-42)40(43(49-44)32-15-5-2-6-16-32)30-23-21-29(22-24-30)33-27-38(36-19-9-11-25-45-36)47-39(28-33)37-20-10-12-26-46-37/h1-28H. The van der Waals surface area contributed by atoms with Gasteiger partial charge in [0.1, 0.15) is 0 Å². The lowest BCUT2D eigenvalue weighted by atomic mass is 9.94. The van der Waals surface area contributed by atoms with Crippen LogP contribution in [-0.2, 0) is 0 Å². The monoisotopic (exact) mass is 644 g/mol. The molecule has 5 heterocycles. The van der Waals surface area contributed by atoms with E-state index in [1.807, 2.05) is 47.7 Å². The summed E-state index contributed by atoms with van der Waals surface area (Å²) in [5, 5.41) is 2.39. The molecule has 5 aromatic heterocycles. The smallest absolute Gasteiger partial charge is 0.0900 e. The van der Waals surface area contributed by atoms with Gasteiger partial charge >= 0.3 is 0 Å². The molecule has 0 amide bonds. The first-order valence-corrected chi connectivity index (χ1v) is 17.0. The van der Waals surface area contributed by atoms with Crippen molar-refractivity contribution in [3.8, 4) is 66.7 Å². The van der Waals surface area contributed by atoms with Gasteiger partial charge in [-0.15, -0.1) is 11.3 Å². The van der Waals surface area contributed by atoms with Crippen molar-refractivity contribution in [2.75, 3.05) is 0 Å². The summed E-state index contributed by atoms with van der Waals surface area (Å²) in [6, 6.07) is 54.7. The van der Waals surface area contributed by atoms with Gasteiger partial charge in [0.25, 0.3) is 0 Å². The largest absolute Gasteiger partial charge is 0.255 e. The summed E-state index contributed by atoms with van der Waals surface area (Å²) in [7, 11) is 0. The van der Waals surface area contributed by atoms with Gasteiger partial charge in [0.15, 0.2) is 0 Å². The molecule has 0 spiro atoms. The maximum absolute atomic E-state index is 5.23. The highest BCUT2D eigenvalue weighted by molar-refractivity contribution is 7.23. The van der Waals surface area contributed by atoms with Crippen LogP contribution in [0.25, 0.3) is 87.7 Å². The van der Waals surface area contributed by atoms with Gasteiger partial charge in [-0.3, -0.25) is 9.97 Å². The molecule has 0 aliphatic heterocycles. The Kier molecular flexibility index (Phi) is 7.30. The van der Waals surface area contributed by atoms with E-state index in [1.54, 1.807) is 12.4 Å². The topological polar surface area (TPSA) is 51.6 Å². The van der Waals surface area contributed by atoms with Gasteiger partial charge in [0.2, 0.25) is 0 Å². The lowest BCUT2D eigenvalue weighted by Crippen LogP contribution is -1.94.